The summed E-state index contributed by atoms with van der Waals surface area (Å²) in [5.74, 6) is -0.566. The average molecular weight is 314 g/mol. The van der Waals surface area contributed by atoms with Crippen molar-refractivity contribution in [1.29, 1.82) is 0 Å². The van der Waals surface area contributed by atoms with E-state index in [-0.39, 0.29) is 23.9 Å². The number of benzene rings is 2. The number of rotatable bonds is 8. The lowest BCUT2D eigenvalue weighted by molar-refractivity contribution is -0.143. The monoisotopic (exact) mass is 314 g/mol. The molecule has 0 unspecified atom stereocenters. The number of hydrogen-bond acceptors (Lipinski definition) is 4. The highest BCUT2D eigenvalue weighted by Crippen LogP contribution is 2.25. The molecule has 0 fully saturated rings. The lowest BCUT2D eigenvalue weighted by Gasteiger charge is -2.06. The van der Waals surface area contributed by atoms with Gasteiger partial charge in [-0.2, -0.15) is 0 Å². The Bertz CT molecular complexity index is 623. The van der Waals surface area contributed by atoms with Gasteiger partial charge < -0.3 is 14.9 Å². The third-order valence-electron chi connectivity index (χ3n) is 3.62. The smallest absolute Gasteiger partial charge is 0.306 e. The molecule has 4 nitrogen and oxygen atoms in total. The van der Waals surface area contributed by atoms with Gasteiger partial charge in [-0.05, 0) is 48.9 Å². The van der Waals surface area contributed by atoms with Gasteiger partial charge in [-0.1, -0.05) is 36.4 Å². The summed E-state index contributed by atoms with van der Waals surface area (Å²) in [6, 6.07) is 14.8. The van der Waals surface area contributed by atoms with Crippen molar-refractivity contribution in [3.05, 3.63) is 59.7 Å². The molecule has 0 saturated carbocycles. The molecule has 0 bridgehead atoms. The zero-order valence-corrected chi connectivity index (χ0v) is 13.1. The summed E-state index contributed by atoms with van der Waals surface area (Å²) in [6.07, 6.45) is 3.58. The third-order valence-corrected chi connectivity index (χ3v) is 3.62. The van der Waals surface area contributed by atoms with Crippen LogP contribution in [0.3, 0.4) is 0 Å². The van der Waals surface area contributed by atoms with Crippen molar-refractivity contribution >= 4 is 5.97 Å². The fourth-order valence-electron chi connectivity index (χ4n) is 2.30. The Balaban J connectivity index is 1.59. The number of aromatic hydroxyl groups is 2. The van der Waals surface area contributed by atoms with Crippen molar-refractivity contribution in [2.24, 2.45) is 0 Å². The van der Waals surface area contributed by atoms with E-state index >= 15 is 0 Å². The van der Waals surface area contributed by atoms with Crippen LogP contribution in [0.25, 0.3) is 0 Å². The fourth-order valence-corrected chi connectivity index (χ4v) is 2.30. The highest BCUT2D eigenvalue weighted by Gasteiger charge is 2.06. The molecule has 0 spiro atoms. The molecule has 2 rings (SSSR count). The predicted octanol–water partition coefficient (Wildman–Crippen LogP) is 3.60. The Morgan fingerprint density at radius 3 is 2.39 bits per heavy atom. The summed E-state index contributed by atoms with van der Waals surface area (Å²) in [4.78, 5) is 11.7. The van der Waals surface area contributed by atoms with Crippen LogP contribution >= 0.6 is 0 Å². The van der Waals surface area contributed by atoms with Crippen molar-refractivity contribution in [1.82, 2.24) is 0 Å². The van der Waals surface area contributed by atoms with Gasteiger partial charge in [0.1, 0.15) is 0 Å². The molecule has 23 heavy (non-hydrogen) atoms. The van der Waals surface area contributed by atoms with E-state index < -0.39 is 0 Å². The molecule has 122 valence electrons. The molecule has 0 amide bonds. The number of hydrogen-bond donors (Lipinski definition) is 2. The summed E-state index contributed by atoms with van der Waals surface area (Å²) in [5, 5.41) is 18.6. The molecule has 0 aliphatic heterocycles. The van der Waals surface area contributed by atoms with Gasteiger partial charge in [0.05, 0.1) is 6.61 Å². The maximum Gasteiger partial charge on any atom is 0.306 e. The minimum atomic E-state index is -0.239. The third kappa shape index (κ3) is 6.02. The summed E-state index contributed by atoms with van der Waals surface area (Å²) in [7, 11) is 0. The molecule has 0 aromatic heterocycles. The van der Waals surface area contributed by atoms with Gasteiger partial charge in [-0.3, -0.25) is 4.79 Å². The number of phenols is 2. The standard InChI is InChI=1S/C19H22O4/c20-17-11-9-16(14-18(17)21)10-12-19(22)23-13-5-4-8-15-6-2-1-3-7-15/h1-3,6-7,9,11,14,20-21H,4-5,8,10,12-13H2. The zero-order chi connectivity index (χ0) is 16.5. The van der Waals surface area contributed by atoms with E-state index in [1.54, 1.807) is 6.07 Å². The van der Waals surface area contributed by atoms with Crippen molar-refractivity contribution < 1.29 is 19.7 Å². The molecule has 4 heteroatoms. The minimum Gasteiger partial charge on any atom is -0.504 e. The second-order valence-electron chi connectivity index (χ2n) is 5.49. The summed E-state index contributed by atoms with van der Waals surface area (Å²) in [6.45, 7) is 0.437. The molecule has 0 radical (unpaired) electrons. The summed E-state index contributed by atoms with van der Waals surface area (Å²) in [5.41, 5.74) is 2.09. The molecule has 0 heterocycles. The molecule has 0 aliphatic rings. The van der Waals surface area contributed by atoms with Crippen LogP contribution in [0.4, 0.5) is 0 Å². The first-order valence-electron chi connectivity index (χ1n) is 7.85. The molecule has 0 atom stereocenters. The normalized spacial score (nSPS) is 10.4. The van der Waals surface area contributed by atoms with E-state index in [4.69, 9.17) is 4.74 Å². The zero-order valence-electron chi connectivity index (χ0n) is 13.1. The molecule has 2 N–H and O–H groups in total. The summed E-state index contributed by atoms with van der Waals surface area (Å²) < 4.78 is 5.20. The number of aryl methyl sites for hydroxylation is 2. The Morgan fingerprint density at radius 1 is 0.870 bits per heavy atom. The van der Waals surface area contributed by atoms with E-state index in [1.807, 2.05) is 18.2 Å². The largest absolute Gasteiger partial charge is 0.504 e. The van der Waals surface area contributed by atoms with E-state index in [9.17, 15) is 15.0 Å². The van der Waals surface area contributed by atoms with E-state index in [0.29, 0.717) is 13.0 Å². The number of carbonyl (C=O) groups excluding carboxylic acids is 1. The maximum absolute atomic E-state index is 11.7. The van der Waals surface area contributed by atoms with Gasteiger partial charge in [0.25, 0.3) is 0 Å². The van der Waals surface area contributed by atoms with Crippen LogP contribution in [-0.4, -0.2) is 22.8 Å². The van der Waals surface area contributed by atoms with Crippen LogP contribution in [0.15, 0.2) is 48.5 Å². The highest BCUT2D eigenvalue weighted by molar-refractivity contribution is 5.69. The first-order chi connectivity index (χ1) is 11.1. The van der Waals surface area contributed by atoms with Gasteiger partial charge in [0.2, 0.25) is 0 Å². The van der Waals surface area contributed by atoms with Gasteiger partial charge in [-0.25, -0.2) is 0 Å². The average Bonchev–Trinajstić information content (AvgIpc) is 2.56. The Hall–Kier alpha value is -2.49. The predicted molar refractivity (Wildman–Crippen MR) is 88.4 cm³/mol. The van der Waals surface area contributed by atoms with E-state index in [1.165, 1.54) is 17.7 Å². The second-order valence-corrected chi connectivity index (χ2v) is 5.49. The van der Waals surface area contributed by atoms with E-state index in [0.717, 1.165) is 24.8 Å². The van der Waals surface area contributed by atoms with Gasteiger partial charge in [0, 0.05) is 6.42 Å². The molecule has 0 aliphatic carbocycles. The molecular formula is C19H22O4. The Kier molecular flexibility index (Phi) is 6.48. The van der Waals surface area contributed by atoms with Gasteiger partial charge in [-0.15, -0.1) is 0 Å². The van der Waals surface area contributed by atoms with Crippen molar-refractivity contribution in [3.8, 4) is 11.5 Å². The topological polar surface area (TPSA) is 66.8 Å². The number of ether oxygens (including phenoxy) is 1. The highest BCUT2D eigenvalue weighted by atomic mass is 16.5. The van der Waals surface area contributed by atoms with E-state index in [2.05, 4.69) is 12.1 Å². The minimum absolute atomic E-state index is 0.158. The fraction of sp³-hybridized carbons (Fsp3) is 0.316. The van der Waals surface area contributed by atoms with Crippen molar-refractivity contribution in [2.45, 2.75) is 32.1 Å². The maximum atomic E-state index is 11.7. The summed E-state index contributed by atoms with van der Waals surface area (Å²) >= 11 is 0. The van der Waals surface area contributed by atoms with Gasteiger partial charge in [0.15, 0.2) is 11.5 Å². The molecule has 0 saturated heterocycles. The first-order valence-corrected chi connectivity index (χ1v) is 7.85. The second kappa shape index (κ2) is 8.83. The lowest BCUT2D eigenvalue weighted by Crippen LogP contribution is -2.07. The van der Waals surface area contributed by atoms with Crippen LogP contribution in [0.2, 0.25) is 0 Å². The van der Waals surface area contributed by atoms with Crippen LogP contribution in [0, 0.1) is 0 Å². The Morgan fingerprint density at radius 2 is 1.65 bits per heavy atom. The van der Waals surface area contributed by atoms with Gasteiger partial charge >= 0.3 is 5.97 Å². The number of phenolic OH excluding ortho intramolecular Hbond substituents is 2. The SMILES string of the molecule is O=C(CCc1ccc(O)c(O)c1)OCCCCc1ccccc1. The van der Waals surface area contributed by atoms with Crippen LogP contribution in [0.1, 0.15) is 30.4 Å². The van der Waals surface area contributed by atoms with Crippen LogP contribution < -0.4 is 0 Å². The quantitative estimate of drug-likeness (QED) is 0.444. The lowest BCUT2D eigenvalue weighted by atomic mass is 10.1. The number of unbranched alkanes of at least 4 members (excludes halogenated alkanes) is 1. The number of esters is 1. The molecule has 2 aromatic rings. The van der Waals surface area contributed by atoms with Crippen molar-refractivity contribution in [3.63, 3.8) is 0 Å². The Labute approximate surface area is 136 Å². The van der Waals surface area contributed by atoms with Crippen molar-refractivity contribution in [2.75, 3.05) is 6.61 Å². The molecular weight excluding hydrogens is 292 g/mol. The van der Waals surface area contributed by atoms with Crippen LogP contribution in [-0.2, 0) is 22.4 Å². The first kappa shape index (κ1) is 16.9. The number of carbonyl (C=O) groups is 1. The van der Waals surface area contributed by atoms with Crippen LogP contribution in [0.5, 0.6) is 11.5 Å². The molecule has 2 aromatic carbocycles.